The molecule has 0 fully saturated rings. The molecule has 2 aromatic rings. The average molecular weight is 401 g/mol. The Kier molecular flexibility index (Phi) is 5.41. The summed E-state index contributed by atoms with van der Waals surface area (Å²) in [6, 6.07) is 9.00. The third-order valence-corrected chi connectivity index (χ3v) is 4.39. The van der Waals surface area contributed by atoms with Gasteiger partial charge in [-0.2, -0.15) is 5.10 Å². The Balaban J connectivity index is 2.31. The fraction of sp³-hybridized carbons (Fsp3) is 0.400. The van der Waals surface area contributed by atoms with Crippen LogP contribution < -0.4 is 5.32 Å². The molecule has 1 unspecified atom stereocenters. The normalized spacial score (nSPS) is 12.9. The first kappa shape index (κ1) is 15.7. The van der Waals surface area contributed by atoms with E-state index in [0.29, 0.717) is 6.04 Å². The molecule has 0 radical (unpaired) electrons. The zero-order chi connectivity index (χ0) is 14.7. The van der Waals surface area contributed by atoms with Gasteiger partial charge in [-0.05, 0) is 60.9 Å². The molecule has 1 aromatic heterocycles. The smallest absolute Gasteiger partial charge is 0.0702 e. The minimum absolute atomic E-state index is 0.226. The maximum Gasteiger partial charge on any atom is 0.0702 e. The molecular weight excluding hydrogens is 382 g/mol. The Morgan fingerprint density at radius 2 is 2.05 bits per heavy atom. The van der Waals surface area contributed by atoms with Gasteiger partial charge in [-0.1, -0.05) is 28.1 Å². The van der Waals surface area contributed by atoms with E-state index in [-0.39, 0.29) is 6.04 Å². The van der Waals surface area contributed by atoms with Crippen LogP contribution in [0.5, 0.6) is 0 Å². The second-order valence-corrected chi connectivity index (χ2v) is 6.86. The molecule has 0 aliphatic carbocycles. The number of nitrogens with one attached hydrogen (secondary N) is 1. The third-order valence-electron chi connectivity index (χ3n) is 3.28. The van der Waals surface area contributed by atoms with E-state index in [4.69, 9.17) is 0 Å². The van der Waals surface area contributed by atoms with Gasteiger partial charge in [0.05, 0.1) is 22.4 Å². The summed E-state index contributed by atoms with van der Waals surface area (Å²) in [5.74, 6) is 0. The van der Waals surface area contributed by atoms with Gasteiger partial charge in [0.2, 0.25) is 0 Å². The van der Waals surface area contributed by atoms with Crippen LogP contribution >= 0.6 is 31.9 Å². The predicted octanol–water partition coefficient (Wildman–Crippen LogP) is 4.49. The first-order chi connectivity index (χ1) is 9.52. The number of benzene rings is 1. The minimum Gasteiger partial charge on any atom is -0.311 e. The van der Waals surface area contributed by atoms with Crippen LogP contribution in [0, 0.1) is 0 Å². The van der Waals surface area contributed by atoms with Crippen LogP contribution in [-0.2, 0) is 6.42 Å². The van der Waals surface area contributed by atoms with Gasteiger partial charge in [-0.25, -0.2) is 0 Å². The van der Waals surface area contributed by atoms with E-state index in [1.807, 2.05) is 19.3 Å². The Bertz CT molecular complexity index is 578. The maximum absolute atomic E-state index is 4.46. The molecule has 3 nitrogen and oxygen atoms in total. The molecule has 1 N–H and O–H groups in total. The molecule has 108 valence electrons. The molecule has 20 heavy (non-hydrogen) atoms. The monoisotopic (exact) mass is 399 g/mol. The van der Waals surface area contributed by atoms with Crippen LogP contribution in [0.2, 0.25) is 0 Å². The van der Waals surface area contributed by atoms with E-state index < -0.39 is 0 Å². The lowest BCUT2D eigenvalue weighted by Gasteiger charge is -2.21. The summed E-state index contributed by atoms with van der Waals surface area (Å²) in [6.45, 7) is 4.30. The van der Waals surface area contributed by atoms with Crippen LogP contribution in [0.25, 0.3) is 0 Å². The second kappa shape index (κ2) is 6.87. The van der Waals surface area contributed by atoms with Crippen LogP contribution in [0.1, 0.15) is 37.2 Å². The highest BCUT2D eigenvalue weighted by Crippen LogP contribution is 2.28. The lowest BCUT2D eigenvalue weighted by Crippen LogP contribution is -2.23. The van der Waals surface area contributed by atoms with Crippen molar-refractivity contribution in [1.82, 2.24) is 15.1 Å². The molecular formula is C15H19Br2N3. The van der Waals surface area contributed by atoms with E-state index in [0.717, 1.165) is 15.4 Å². The summed E-state index contributed by atoms with van der Waals surface area (Å²) >= 11 is 7.15. The van der Waals surface area contributed by atoms with Crippen molar-refractivity contribution in [3.05, 3.63) is 50.7 Å². The zero-order valence-electron chi connectivity index (χ0n) is 11.9. The summed E-state index contributed by atoms with van der Waals surface area (Å²) in [5, 5.41) is 7.87. The van der Waals surface area contributed by atoms with Crippen molar-refractivity contribution in [2.45, 2.75) is 32.4 Å². The van der Waals surface area contributed by atoms with Crippen molar-refractivity contribution in [2.24, 2.45) is 0 Å². The first-order valence-corrected chi connectivity index (χ1v) is 8.26. The molecule has 2 rings (SSSR count). The maximum atomic E-state index is 4.46. The molecule has 0 aliphatic heterocycles. The standard InChI is InChI=1S/C15H19Br2N3/c1-10(2)20-15(13(17)9-19-20)14(18-3)8-11-5-4-6-12(16)7-11/h4-7,9-10,14,18H,8H2,1-3H3. The number of hydrogen-bond donors (Lipinski definition) is 1. The van der Waals surface area contributed by atoms with Gasteiger partial charge >= 0.3 is 0 Å². The van der Waals surface area contributed by atoms with Gasteiger partial charge in [0.15, 0.2) is 0 Å². The number of aromatic nitrogens is 2. The van der Waals surface area contributed by atoms with Crippen molar-refractivity contribution in [3.63, 3.8) is 0 Å². The SMILES string of the molecule is CNC(Cc1cccc(Br)c1)c1c(Br)cnn1C(C)C. The van der Waals surface area contributed by atoms with Gasteiger partial charge in [0.1, 0.15) is 0 Å². The number of nitrogens with zero attached hydrogens (tertiary/aromatic N) is 2. The fourth-order valence-corrected chi connectivity index (χ4v) is 3.32. The quantitative estimate of drug-likeness (QED) is 0.800. The van der Waals surface area contributed by atoms with E-state index in [1.54, 1.807) is 0 Å². The lowest BCUT2D eigenvalue weighted by molar-refractivity contribution is 0.458. The molecule has 5 heteroatoms. The van der Waals surface area contributed by atoms with Gasteiger partial charge < -0.3 is 5.32 Å². The lowest BCUT2D eigenvalue weighted by atomic mass is 10.0. The highest BCUT2D eigenvalue weighted by atomic mass is 79.9. The Morgan fingerprint density at radius 3 is 2.65 bits per heavy atom. The van der Waals surface area contributed by atoms with Crippen molar-refractivity contribution in [1.29, 1.82) is 0 Å². The first-order valence-electron chi connectivity index (χ1n) is 6.67. The average Bonchev–Trinajstić information content (AvgIpc) is 2.78. The summed E-state index contributed by atoms with van der Waals surface area (Å²) in [7, 11) is 1.99. The second-order valence-electron chi connectivity index (χ2n) is 5.09. The van der Waals surface area contributed by atoms with E-state index in [9.17, 15) is 0 Å². The molecule has 0 amide bonds. The Hall–Kier alpha value is -0.650. The Labute approximate surface area is 137 Å². The molecule has 0 spiro atoms. The number of likely N-dealkylation sites (N-methyl/N-ethyl adjacent to an activating group) is 1. The summed E-state index contributed by atoms with van der Waals surface area (Å²) in [4.78, 5) is 0. The highest BCUT2D eigenvalue weighted by Gasteiger charge is 2.20. The van der Waals surface area contributed by atoms with Gasteiger partial charge in [0.25, 0.3) is 0 Å². The highest BCUT2D eigenvalue weighted by molar-refractivity contribution is 9.10. The largest absolute Gasteiger partial charge is 0.311 e. The summed E-state index contributed by atoms with van der Waals surface area (Å²) in [6.07, 6.45) is 2.80. The zero-order valence-corrected chi connectivity index (χ0v) is 15.1. The number of hydrogen-bond acceptors (Lipinski definition) is 2. The Morgan fingerprint density at radius 1 is 1.30 bits per heavy atom. The van der Waals surface area contributed by atoms with Crippen molar-refractivity contribution >= 4 is 31.9 Å². The molecule has 1 aromatic carbocycles. The van der Waals surface area contributed by atoms with Crippen LogP contribution in [0.15, 0.2) is 39.4 Å². The van der Waals surface area contributed by atoms with Gasteiger partial charge in [-0.15, -0.1) is 0 Å². The van der Waals surface area contributed by atoms with Crippen LogP contribution in [0.3, 0.4) is 0 Å². The predicted molar refractivity (Wildman–Crippen MR) is 90.0 cm³/mol. The molecule has 0 saturated heterocycles. The third kappa shape index (κ3) is 3.51. The van der Waals surface area contributed by atoms with E-state index in [1.165, 1.54) is 11.3 Å². The molecule has 0 saturated carbocycles. The summed E-state index contributed by atoms with van der Waals surface area (Å²) in [5.41, 5.74) is 2.49. The minimum atomic E-state index is 0.226. The fourth-order valence-electron chi connectivity index (χ4n) is 2.32. The number of halogens is 2. The molecule has 0 aliphatic rings. The summed E-state index contributed by atoms with van der Waals surface area (Å²) < 4.78 is 4.24. The van der Waals surface area contributed by atoms with Gasteiger partial charge in [-0.3, -0.25) is 4.68 Å². The van der Waals surface area contributed by atoms with Crippen molar-refractivity contribution < 1.29 is 0 Å². The van der Waals surface area contributed by atoms with Crippen LogP contribution in [0.4, 0.5) is 0 Å². The van der Waals surface area contributed by atoms with Crippen molar-refractivity contribution in [2.75, 3.05) is 7.05 Å². The molecule has 1 heterocycles. The van der Waals surface area contributed by atoms with E-state index in [2.05, 4.69) is 79.0 Å². The van der Waals surface area contributed by atoms with Crippen molar-refractivity contribution in [3.8, 4) is 0 Å². The topological polar surface area (TPSA) is 29.9 Å². The molecule has 0 bridgehead atoms. The van der Waals surface area contributed by atoms with E-state index >= 15 is 0 Å². The molecule has 1 atom stereocenters. The number of rotatable bonds is 5. The van der Waals surface area contributed by atoms with Crippen LogP contribution in [-0.4, -0.2) is 16.8 Å². The van der Waals surface area contributed by atoms with Gasteiger partial charge in [0, 0.05) is 10.5 Å².